The van der Waals surface area contributed by atoms with Crippen LogP contribution in [0, 0.1) is 18.8 Å². The fraction of sp³-hybridized carbons (Fsp3) is 0.611. The summed E-state index contributed by atoms with van der Waals surface area (Å²) in [5, 5.41) is 3.81. The molecule has 130 valence electrons. The van der Waals surface area contributed by atoms with Crippen molar-refractivity contribution in [2.24, 2.45) is 18.9 Å². The van der Waals surface area contributed by atoms with Crippen molar-refractivity contribution in [2.45, 2.75) is 52.5 Å². The summed E-state index contributed by atoms with van der Waals surface area (Å²) in [6, 6.07) is 0.228. The van der Waals surface area contributed by atoms with Crippen molar-refractivity contribution in [3.63, 3.8) is 0 Å². The molecule has 0 bridgehead atoms. The molecule has 0 saturated heterocycles. The van der Waals surface area contributed by atoms with Gasteiger partial charge in [-0.05, 0) is 37.2 Å². The number of rotatable bonds is 3. The largest absolute Gasteiger partial charge is 0.348 e. The number of hydrogen-bond donors (Lipinski definition) is 1. The highest BCUT2D eigenvalue weighted by Crippen LogP contribution is 2.32. The van der Waals surface area contributed by atoms with Gasteiger partial charge in [-0.2, -0.15) is 0 Å². The predicted molar refractivity (Wildman–Crippen MR) is 97.6 cm³/mol. The minimum atomic E-state index is -0.0921. The van der Waals surface area contributed by atoms with Crippen LogP contribution >= 0.6 is 11.3 Å². The maximum absolute atomic E-state index is 12.8. The number of thiophene rings is 1. The van der Waals surface area contributed by atoms with Gasteiger partial charge in [0.25, 0.3) is 11.5 Å². The molecule has 1 fully saturated rings. The summed E-state index contributed by atoms with van der Waals surface area (Å²) >= 11 is 1.32. The van der Waals surface area contributed by atoms with Gasteiger partial charge in [-0.25, -0.2) is 4.98 Å². The lowest BCUT2D eigenvalue weighted by molar-refractivity contribution is 0.0893. The van der Waals surface area contributed by atoms with E-state index in [-0.39, 0.29) is 17.5 Å². The van der Waals surface area contributed by atoms with E-state index in [0.717, 1.165) is 12.0 Å². The van der Waals surface area contributed by atoms with Crippen LogP contribution in [0.15, 0.2) is 11.1 Å². The maximum Gasteiger partial charge on any atom is 0.262 e. The van der Waals surface area contributed by atoms with E-state index in [4.69, 9.17) is 0 Å². The number of carbonyl (C=O) groups is 1. The van der Waals surface area contributed by atoms with Crippen molar-refractivity contribution in [2.75, 3.05) is 0 Å². The van der Waals surface area contributed by atoms with Crippen LogP contribution < -0.4 is 10.9 Å². The Morgan fingerprint density at radius 1 is 1.38 bits per heavy atom. The Morgan fingerprint density at radius 2 is 2.08 bits per heavy atom. The molecule has 2 aromatic heterocycles. The van der Waals surface area contributed by atoms with Crippen LogP contribution in [-0.2, 0) is 7.05 Å². The van der Waals surface area contributed by atoms with Crippen LogP contribution in [-0.4, -0.2) is 21.5 Å². The van der Waals surface area contributed by atoms with Crippen LogP contribution in [0.3, 0.4) is 0 Å². The van der Waals surface area contributed by atoms with Gasteiger partial charge in [-0.3, -0.25) is 9.59 Å². The summed E-state index contributed by atoms with van der Waals surface area (Å²) in [4.78, 5) is 30.7. The number of nitrogens with zero attached hydrogens (tertiary/aromatic N) is 2. The predicted octanol–water partition coefficient (Wildman–Crippen LogP) is 3.25. The lowest BCUT2D eigenvalue weighted by Gasteiger charge is -2.34. The number of aryl methyl sites for hydroxylation is 2. The van der Waals surface area contributed by atoms with E-state index in [1.54, 1.807) is 7.05 Å². The third-order valence-electron chi connectivity index (χ3n) is 5.21. The van der Waals surface area contributed by atoms with Gasteiger partial charge < -0.3 is 9.88 Å². The third-order valence-corrected chi connectivity index (χ3v) is 6.41. The van der Waals surface area contributed by atoms with Crippen LogP contribution in [0.4, 0.5) is 0 Å². The molecule has 1 amide bonds. The minimum Gasteiger partial charge on any atom is -0.348 e. The van der Waals surface area contributed by atoms with Crippen LogP contribution in [0.25, 0.3) is 10.2 Å². The van der Waals surface area contributed by atoms with Crippen molar-refractivity contribution in [3.05, 3.63) is 27.1 Å². The molecule has 1 aliphatic carbocycles. The highest BCUT2D eigenvalue weighted by atomic mass is 32.1. The number of fused-ring (bicyclic) bond motifs is 1. The van der Waals surface area contributed by atoms with Crippen molar-refractivity contribution < 1.29 is 4.79 Å². The van der Waals surface area contributed by atoms with E-state index >= 15 is 0 Å². The molecule has 2 heterocycles. The number of hydrogen-bond acceptors (Lipinski definition) is 4. The average molecular weight is 347 g/mol. The zero-order chi connectivity index (χ0) is 17.4. The summed E-state index contributed by atoms with van der Waals surface area (Å²) < 4.78 is 1.46. The van der Waals surface area contributed by atoms with Crippen LogP contribution in [0.1, 0.15) is 54.8 Å². The Labute approximate surface area is 146 Å². The molecule has 24 heavy (non-hydrogen) atoms. The normalized spacial score (nSPS) is 21.4. The zero-order valence-electron chi connectivity index (χ0n) is 14.8. The van der Waals surface area contributed by atoms with Gasteiger partial charge >= 0.3 is 0 Å². The highest BCUT2D eigenvalue weighted by Gasteiger charge is 2.30. The average Bonchev–Trinajstić information content (AvgIpc) is 2.89. The molecule has 1 N–H and O–H groups in total. The van der Waals surface area contributed by atoms with Gasteiger partial charge in [0.1, 0.15) is 4.83 Å². The molecule has 2 aromatic rings. The van der Waals surface area contributed by atoms with E-state index in [9.17, 15) is 9.59 Å². The molecule has 6 heteroatoms. The van der Waals surface area contributed by atoms with Crippen molar-refractivity contribution in [1.82, 2.24) is 14.9 Å². The summed E-state index contributed by atoms with van der Waals surface area (Å²) in [5.41, 5.74) is 0.656. The van der Waals surface area contributed by atoms with Crippen molar-refractivity contribution in [3.8, 4) is 0 Å². The number of aromatic nitrogens is 2. The van der Waals surface area contributed by atoms with E-state index in [0.29, 0.717) is 26.9 Å². The quantitative estimate of drug-likeness (QED) is 0.927. The van der Waals surface area contributed by atoms with Crippen LogP contribution in [0.5, 0.6) is 0 Å². The first-order valence-electron chi connectivity index (χ1n) is 8.65. The lowest BCUT2D eigenvalue weighted by atomic mass is 9.78. The fourth-order valence-corrected chi connectivity index (χ4v) is 4.84. The van der Waals surface area contributed by atoms with Gasteiger partial charge in [0, 0.05) is 13.1 Å². The molecule has 0 unspecified atom stereocenters. The van der Waals surface area contributed by atoms with Gasteiger partial charge in [0.15, 0.2) is 0 Å². The van der Waals surface area contributed by atoms with Gasteiger partial charge in [0.05, 0.1) is 16.6 Å². The second-order valence-corrected chi connectivity index (χ2v) is 8.17. The second-order valence-electron chi connectivity index (χ2n) is 7.17. The molecule has 0 radical (unpaired) electrons. The van der Waals surface area contributed by atoms with E-state index in [1.165, 1.54) is 41.5 Å². The first-order chi connectivity index (χ1) is 11.4. The first kappa shape index (κ1) is 17.1. The molecule has 0 aromatic carbocycles. The molecule has 5 nitrogen and oxygen atoms in total. The molecular weight excluding hydrogens is 322 g/mol. The van der Waals surface area contributed by atoms with E-state index < -0.39 is 0 Å². The lowest BCUT2D eigenvalue weighted by Crippen LogP contribution is -2.43. The highest BCUT2D eigenvalue weighted by molar-refractivity contribution is 7.20. The molecule has 3 rings (SSSR count). The number of carbonyl (C=O) groups excluding carboxylic acids is 1. The third kappa shape index (κ3) is 2.99. The molecule has 1 aliphatic rings. The SMILES string of the molecule is Cc1c(C(=O)N[C@@H]2CCCC[C@H]2C(C)C)sc2ncn(C)c(=O)c12. The standard InChI is InChI=1S/C18H25N3O2S/c1-10(2)12-7-5-6-8-13(12)20-16(22)15-11(3)14-17(24-15)19-9-21(4)18(14)23/h9-10,12-13H,5-8H2,1-4H3,(H,20,22)/t12-,13+/m0/s1. The summed E-state index contributed by atoms with van der Waals surface area (Å²) in [5.74, 6) is 1.03. The summed E-state index contributed by atoms with van der Waals surface area (Å²) in [7, 11) is 1.68. The smallest absolute Gasteiger partial charge is 0.262 e. The fourth-order valence-electron chi connectivity index (χ4n) is 3.80. The van der Waals surface area contributed by atoms with Gasteiger partial charge in [-0.15, -0.1) is 11.3 Å². The van der Waals surface area contributed by atoms with Gasteiger partial charge in [0.2, 0.25) is 0 Å². The minimum absolute atomic E-state index is 0.0601. The Hall–Kier alpha value is -1.69. The van der Waals surface area contributed by atoms with E-state index in [1.807, 2.05) is 6.92 Å². The molecular formula is C18H25N3O2S. The molecule has 2 atom stereocenters. The Bertz CT molecular complexity index is 822. The molecule has 0 spiro atoms. The van der Waals surface area contributed by atoms with E-state index in [2.05, 4.69) is 24.1 Å². The monoisotopic (exact) mass is 347 g/mol. The first-order valence-corrected chi connectivity index (χ1v) is 9.47. The summed E-state index contributed by atoms with van der Waals surface area (Å²) in [6.45, 7) is 6.30. The number of nitrogens with one attached hydrogen (secondary N) is 1. The Morgan fingerprint density at radius 3 is 2.79 bits per heavy atom. The maximum atomic E-state index is 12.8. The topological polar surface area (TPSA) is 64.0 Å². The van der Waals surface area contributed by atoms with Crippen molar-refractivity contribution in [1.29, 1.82) is 0 Å². The number of amides is 1. The van der Waals surface area contributed by atoms with Crippen molar-refractivity contribution >= 4 is 27.5 Å². The Kier molecular flexibility index (Phi) is 4.76. The molecule has 1 saturated carbocycles. The van der Waals surface area contributed by atoms with Crippen LogP contribution in [0.2, 0.25) is 0 Å². The van der Waals surface area contributed by atoms with Gasteiger partial charge in [-0.1, -0.05) is 26.7 Å². The zero-order valence-corrected chi connectivity index (χ0v) is 15.6. The summed E-state index contributed by atoms with van der Waals surface area (Å²) in [6.07, 6.45) is 6.14. The molecule has 0 aliphatic heterocycles. The Balaban J connectivity index is 1.90. The second kappa shape index (κ2) is 6.67.